The van der Waals surface area contributed by atoms with Gasteiger partial charge in [0.2, 0.25) is 5.91 Å². The molecule has 0 bridgehead atoms. The molecule has 1 aliphatic rings. The summed E-state index contributed by atoms with van der Waals surface area (Å²) >= 11 is 0. The fourth-order valence-electron chi connectivity index (χ4n) is 3.49. The molecule has 0 atom stereocenters. The second-order valence-electron chi connectivity index (χ2n) is 7.11. The van der Waals surface area contributed by atoms with Gasteiger partial charge in [0.15, 0.2) is 5.96 Å². The van der Waals surface area contributed by atoms with E-state index in [1.54, 1.807) is 19.2 Å². The third-order valence-electron chi connectivity index (χ3n) is 5.29. The largest absolute Gasteiger partial charge is 0.354 e. The van der Waals surface area contributed by atoms with Crippen LogP contribution in [0.2, 0.25) is 0 Å². The number of piperidine rings is 1. The van der Waals surface area contributed by atoms with Crippen molar-refractivity contribution in [2.45, 2.75) is 52.1 Å². The summed E-state index contributed by atoms with van der Waals surface area (Å²) in [6.07, 6.45) is 3.54. The van der Waals surface area contributed by atoms with Crippen LogP contribution in [-0.4, -0.2) is 47.9 Å². The SMILES string of the molecule is CCC(CC)C(=O)N1CCC(NC(=NC)NCc2cccc([N+](=O)[O-])c2)CC1. The van der Waals surface area contributed by atoms with Gasteiger partial charge in [-0.3, -0.25) is 19.9 Å². The lowest BCUT2D eigenvalue weighted by molar-refractivity contribution is -0.384. The molecule has 28 heavy (non-hydrogen) atoms. The van der Waals surface area contributed by atoms with Gasteiger partial charge in [0.05, 0.1) is 4.92 Å². The molecule has 1 saturated heterocycles. The number of likely N-dealkylation sites (tertiary alicyclic amines) is 1. The number of guanidine groups is 1. The number of nitrogens with zero attached hydrogens (tertiary/aromatic N) is 3. The normalized spacial score (nSPS) is 15.6. The van der Waals surface area contributed by atoms with E-state index in [2.05, 4.69) is 29.5 Å². The lowest BCUT2D eigenvalue weighted by Crippen LogP contribution is -2.50. The van der Waals surface area contributed by atoms with Crippen LogP contribution < -0.4 is 10.6 Å². The lowest BCUT2D eigenvalue weighted by atomic mass is 9.98. The number of hydrogen-bond donors (Lipinski definition) is 2. The van der Waals surface area contributed by atoms with Crippen molar-refractivity contribution in [2.24, 2.45) is 10.9 Å². The average Bonchev–Trinajstić information content (AvgIpc) is 2.72. The van der Waals surface area contributed by atoms with Crippen LogP contribution in [-0.2, 0) is 11.3 Å². The number of amides is 1. The van der Waals surface area contributed by atoms with Crippen LogP contribution in [0.5, 0.6) is 0 Å². The molecule has 2 N–H and O–H groups in total. The van der Waals surface area contributed by atoms with Gasteiger partial charge in [0, 0.05) is 50.8 Å². The molecule has 1 aromatic rings. The number of aliphatic imine (C=N–C) groups is 1. The molecule has 0 spiro atoms. The topological polar surface area (TPSA) is 99.9 Å². The van der Waals surface area contributed by atoms with Gasteiger partial charge in [-0.25, -0.2) is 0 Å². The molecule has 1 fully saturated rings. The van der Waals surface area contributed by atoms with Crippen LogP contribution in [0.25, 0.3) is 0 Å². The molecule has 1 aromatic carbocycles. The number of non-ortho nitro benzene ring substituents is 1. The number of nitro groups is 1. The van der Waals surface area contributed by atoms with E-state index in [0.29, 0.717) is 12.5 Å². The summed E-state index contributed by atoms with van der Waals surface area (Å²) in [7, 11) is 1.70. The van der Waals surface area contributed by atoms with E-state index in [4.69, 9.17) is 0 Å². The third kappa shape index (κ3) is 5.94. The standard InChI is InChI=1S/C20H31N5O3/c1-4-16(5-2)19(26)24-11-9-17(10-12-24)23-20(21-3)22-14-15-7-6-8-18(13-15)25(27)28/h6-8,13,16-17H,4-5,9-12,14H2,1-3H3,(H2,21,22,23). The Kier molecular flexibility index (Phi) is 8.22. The molecular weight excluding hydrogens is 358 g/mol. The second kappa shape index (κ2) is 10.6. The maximum absolute atomic E-state index is 12.5. The van der Waals surface area contributed by atoms with Crippen molar-refractivity contribution < 1.29 is 9.72 Å². The van der Waals surface area contributed by atoms with Gasteiger partial charge in [0.1, 0.15) is 0 Å². The highest BCUT2D eigenvalue weighted by molar-refractivity contribution is 5.80. The molecule has 1 aliphatic heterocycles. The Hall–Kier alpha value is -2.64. The highest BCUT2D eigenvalue weighted by Gasteiger charge is 2.26. The first-order chi connectivity index (χ1) is 13.5. The summed E-state index contributed by atoms with van der Waals surface area (Å²) in [6.45, 7) is 6.10. The number of nitrogens with one attached hydrogen (secondary N) is 2. The minimum Gasteiger partial charge on any atom is -0.354 e. The predicted octanol–water partition coefficient (Wildman–Crippen LogP) is 2.69. The Balaban J connectivity index is 1.82. The van der Waals surface area contributed by atoms with Crippen molar-refractivity contribution in [3.8, 4) is 0 Å². The van der Waals surface area contributed by atoms with Gasteiger partial charge in [-0.2, -0.15) is 0 Å². The van der Waals surface area contributed by atoms with Crippen molar-refractivity contribution in [1.29, 1.82) is 0 Å². The first-order valence-corrected chi connectivity index (χ1v) is 9.97. The van der Waals surface area contributed by atoms with E-state index in [1.165, 1.54) is 6.07 Å². The Morgan fingerprint density at radius 3 is 2.57 bits per heavy atom. The number of nitro benzene ring substituents is 1. The fraction of sp³-hybridized carbons (Fsp3) is 0.600. The van der Waals surface area contributed by atoms with E-state index in [9.17, 15) is 14.9 Å². The van der Waals surface area contributed by atoms with E-state index < -0.39 is 4.92 Å². The molecule has 1 heterocycles. The van der Waals surface area contributed by atoms with Crippen molar-refractivity contribution in [3.05, 3.63) is 39.9 Å². The minimum atomic E-state index is -0.396. The Morgan fingerprint density at radius 1 is 1.32 bits per heavy atom. The van der Waals surface area contributed by atoms with E-state index in [0.717, 1.165) is 44.3 Å². The van der Waals surface area contributed by atoms with Crippen molar-refractivity contribution in [2.75, 3.05) is 20.1 Å². The number of carbonyl (C=O) groups excluding carboxylic acids is 1. The summed E-state index contributed by atoms with van der Waals surface area (Å²) in [5.41, 5.74) is 0.902. The molecule has 0 unspecified atom stereocenters. The summed E-state index contributed by atoms with van der Waals surface area (Å²) in [6, 6.07) is 6.81. The monoisotopic (exact) mass is 389 g/mol. The van der Waals surface area contributed by atoms with Gasteiger partial charge in [0.25, 0.3) is 5.69 Å². The molecule has 1 amide bonds. The Labute approximate surface area is 166 Å². The highest BCUT2D eigenvalue weighted by atomic mass is 16.6. The number of rotatable bonds is 7. The number of carbonyl (C=O) groups is 1. The molecule has 0 aliphatic carbocycles. The lowest BCUT2D eigenvalue weighted by Gasteiger charge is -2.34. The molecule has 154 valence electrons. The summed E-state index contributed by atoms with van der Waals surface area (Å²) < 4.78 is 0. The minimum absolute atomic E-state index is 0.0803. The van der Waals surface area contributed by atoms with Crippen molar-refractivity contribution in [3.63, 3.8) is 0 Å². The maximum Gasteiger partial charge on any atom is 0.269 e. The smallest absolute Gasteiger partial charge is 0.269 e. The summed E-state index contributed by atoms with van der Waals surface area (Å²) in [5, 5.41) is 17.5. The Morgan fingerprint density at radius 2 is 2.00 bits per heavy atom. The zero-order valence-electron chi connectivity index (χ0n) is 17.0. The summed E-state index contributed by atoms with van der Waals surface area (Å²) in [5.74, 6) is 1.07. The van der Waals surface area contributed by atoms with Crippen LogP contribution in [0.4, 0.5) is 5.69 Å². The van der Waals surface area contributed by atoms with E-state index >= 15 is 0 Å². The number of benzene rings is 1. The quantitative estimate of drug-likeness (QED) is 0.323. The van der Waals surface area contributed by atoms with E-state index in [1.807, 2.05) is 11.0 Å². The highest BCUT2D eigenvalue weighted by Crippen LogP contribution is 2.17. The summed E-state index contributed by atoms with van der Waals surface area (Å²) in [4.78, 5) is 29.2. The van der Waals surface area contributed by atoms with Crippen LogP contribution >= 0.6 is 0 Å². The molecule has 0 aromatic heterocycles. The fourth-order valence-corrected chi connectivity index (χ4v) is 3.49. The molecule has 0 saturated carbocycles. The third-order valence-corrected chi connectivity index (χ3v) is 5.29. The second-order valence-corrected chi connectivity index (χ2v) is 7.11. The first-order valence-electron chi connectivity index (χ1n) is 9.97. The molecule has 0 radical (unpaired) electrons. The van der Waals surface area contributed by atoms with Gasteiger partial charge >= 0.3 is 0 Å². The molecule has 8 nitrogen and oxygen atoms in total. The average molecular weight is 390 g/mol. The molecular formula is C20H31N5O3. The first kappa shape index (κ1) is 21.7. The maximum atomic E-state index is 12.5. The van der Waals surface area contributed by atoms with Crippen LogP contribution in [0, 0.1) is 16.0 Å². The van der Waals surface area contributed by atoms with E-state index in [-0.39, 0.29) is 23.6 Å². The van der Waals surface area contributed by atoms with Gasteiger partial charge in [-0.15, -0.1) is 0 Å². The zero-order valence-corrected chi connectivity index (χ0v) is 17.0. The molecule has 2 rings (SSSR count). The van der Waals surface area contributed by atoms with Crippen LogP contribution in [0.3, 0.4) is 0 Å². The van der Waals surface area contributed by atoms with Crippen LogP contribution in [0.1, 0.15) is 45.1 Å². The van der Waals surface area contributed by atoms with Crippen molar-refractivity contribution in [1.82, 2.24) is 15.5 Å². The molecule has 8 heteroatoms. The van der Waals surface area contributed by atoms with Crippen molar-refractivity contribution >= 4 is 17.6 Å². The predicted molar refractivity (Wildman–Crippen MR) is 110 cm³/mol. The Bertz CT molecular complexity index is 695. The zero-order chi connectivity index (χ0) is 20.5. The van der Waals surface area contributed by atoms with Gasteiger partial charge < -0.3 is 15.5 Å². The van der Waals surface area contributed by atoms with Gasteiger partial charge in [-0.1, -0.05) is 26.0 Å². The van der Waals surface area contributed by atoms with Gasteiger partial charge in [-0.05, 0) is 31.2 Å². The number of hydrogen-bond acceptors (Lipinski definition) is 4. The van der Waals surface area contributed by atoms with Crippen LogP contribution in [0.15, 0.2) is 29.3 Å².